The van der Waals surface area contributed by atoms with Gasteiger partial charge in [0, 0.05) is 11.1 Å². The van der Waals surface area contributed by atoms with Gasteiger partial charge < -0.3 is 14.9 Å². The van der Waals surface area contributed by atoms with Crippen molar-refractivity contribution in [2.75, 3.05) is 0 Å². The van der Waals surface area contributed by atoms with Crippen LogP contribution in [0, 0.1) is 0 Å². The maximum absolute atomic E-state index is 11.8. The first-order valence-corrected chi connectivity index (χ1v) is 9.61. The Morgan fingerprint density at radius 3 is 2.23 bits per heavy atom. The third-order valence-electron chi connectivity index (χ3n) is 5.48. The van der Waals surface area contributed by atoms with Crippen LogP contribution in [0.15, 0.2) is 114 Å². The van der Waals surface area contributed by atoms with Gasteiger partial charge in [-0.3, -0.25) is 0 Å². The van der Waals surface area contributed by atoms with Gasteiger partial charge in [0.05, 0.1) is 5.56 Å². The lowest BCUT2D eigenvalue weighted by atomic mass is 9.62. The highest BCUT2D eigenvalue weighted by atomic mass is 16.5. The molecule has 1 unspecified atom stereocenters. The lowest BCUT2D eigenvalue weighted by Crippen LogP contribution is -2.44. The number of aliphatic hydroxyl groups is 1. The number of fused-ring (bicyclic) bond motifs is 2. The number of carboxylic acids is 1. The summed E-state index contributed by atoms with van der Waals surface area (Å²) in [5.74, 6) is 0.241. The number of allylic oxidation sites excluding steroid dienone is 2. The number of benzene rings is 3. The van der Waals surface area contributed by atoms with Crippen molar-refractivity contribution < 1.29 is 19.7 Å². The van der Waals surface area contributed by atoms with Crippen LogP contribution >= 0.6 is 0 Å². The van der Waals surface area contributed by atoms with E-state index in [1.54, 1.807) is 12.1 Å². The zero-order valence-electron chi connectivity index (χ0n) is 15.9. The molecule has 0 saturated heterocycles. The summed E-state index contributed by atoms with van der Waals surface area (Å²) in [4.78, 5) is 11.5. The van der Waals surface area contributed by atoms with E-state index in [4.69, 9.17) is 4.74 Å². The van der Waals surface area contributed by atoms with Crippen molar-refractivity contribution in [2.45, 2.75) is 5.60 Å². The Hall–Kier alpha value is -3.89. The van der Waals surface area contributed by atoms with Crippen LogP contribution in [0.1, 0.15) is 21.5 Å². The zero-order chi connectivity index (χ0) is 20.7. The first kappa shape index (κ1) is 18.2. The number of rotatable bonds is 5. The Labute approximate surface area is 173 Å². The molecule has 0 aliphatic heterocycles. The molecule has 0 amide bonds. The summed E-state index contributed by atoms with van der Waals surface area (Å²) in [5, 5.41) is 21.2. The van der Waals surface area contributed by atoms with Crippen molar-refractivity contribution in [3.63, 3.8) is 0 Å². The molecule has 0 spiro atoms. The predicted molar refractivity (Wildman–Crippen MR) is 114 cm³/mol. The topological polar surface area (TPSA) is 66.8 Å². The second kappa shape index (κ2) is 6.87. The second-order valence-corrected chi connectivity index (χ2v) is 7.24. The van der Waals surface area contributed by atoms with Gasteiger partial charge in [-0.1, -0.05) is 72.8 Å². The predicted octanol–water partition coefficient (Wildman–Crippen LogP) is 4.94. The van der Waals surface area contributed by atoms with E-state index in [-0.39, 0.29) is 5.56 Å². The van der Waals surface area contributed by atoms with Crippen LogP contribution in [0.5, 0.6) is 5.75 Å². The number of aromatic carboxylic acids is 1. The minimum Gasteiger partial charge on any atom is -0.478 e. The molecule has 2 aliphatic rings. The van der Waals surface area contributed by atoms with E-state index in [1.807, 2.05) is 72.8 Å². The van der Waals surface area contributed by atoms with E-state index < -0.39 is 11.6 Å². The van der Waals surface area contributed by atoms with Crippen LogP contribution in [0.3, 0.4) is 0 Å². The molecule has 3 aromatic carbocycles. The van der Waals surface area contributed by atoms with Gasteiger partial charge in [0.15, 0.2) is 0 Å². The number of carboxylic acid groups (broad SMARTS) is 1. The highest BCUT2D eigenvalue weighted by Gasteiger charge is 2.54. The zero-order valence-corrected chi connectivity index (χ0v) is 15.9. The van der Waals surface area contributed by atoms with E-state index in [2.05, 4.69) is 0 Å². The van der Waals surface area contributed by atoms with Crippen LogP contribution in [0.25, 0.3) is 5.57 Å². The third-order valence-corrected chi connectivity index (χ3v) is 5.48. The number of carbonyl (C=O) groups is 1. The number of para-hydroxylation sites is 1. The Morgan fingerprint density at radius 1 is 0.833 bits per heavy atom. The minimum atomic E-state index is -1.44. The van der Waals surface area contributed by atoms with Gasteiger partial charge in [-0.15, -0.1) is 0 Å². The normalized spacial score (nSPS) is 19.5. The van der Waals surface area contributed by atoms with Crippen molar-refractivity contribution in [3.05, 3.63) is 131 Å². The monoisotopic (exact) mass is 394 g/mol. The van der Waals surface area contributed by atoms with E-state index in [0.29, 0.717) is 28.2 Å². The highest BCUT2D eigenvalue weighted by Crippen LogP contribution is 2.58. The van der Waals surface area contributed by atoms with Crippen LogP contribution in [0.2, 0.25) is 0 Å². The summed E-state index contributed by atoms with van der Waals surface area (Å²) >= 11 is 0. The molecule has 0 aromatic heterocycles. The SMILES string of the molecule is O=C(O)c1cccc(C2(O)c3ccc(-c4ccccc4)c2c3Oc2ccccc2)c1. The number of hydrogen-bond acceptors (Lipinski definition) is 3. The summed E-state index contributed by atoms with van der Waals surface area (Å²) < 4.78 is 6.16. The van der Waals surface area contributed by atoms with Gasteiger partial charge in [-0.25, -0.2) is 4.79 Å². The Kier molecular flexibility index (Phi) is 4.16. The van der Waals surface area contributed by atoms with Crippen LogP contribution in [0.4, 0.5) is 0 Å². The molecular formula is C26H18O4. The van der Waals surface area contributed by atoms with Gasteiger partial charge in [-0.2, -0.15) is 0 Å². The third kappa shape index (κ3) is 2.70. The molecule has 3 aromatic rings. The fourth-order valence-corrected chi connectivity index (χ4v) is 4.05. The van der Waals surface area contributed by atoms with Crippen molar-refractivity contribution in [1.82, 2.24) is 0 Å². The lowest BCUT2D eigenvalue weighted by Gasteiger charge is -2.47. The first-order chi connectivity index (χ1) is 14.6. The van der Waals surface area contributed by atoms with Gasteiger partial charge in [0.2, 0.25) is 0 Å². The molecule has 2 bridgehead atoms. The molecular weight excluding hydrogens is 376 g/mol. The van der Waals surface area contributed by atoms with E-state index in [1.165, 1.54) is 12.1 Å². The largest absolute Gasteiger partial charge is 0.478 e. The van der Waals surface area contributed by atoms with Gasteiger partial charge in [0.1, 0.15) is 17.1 Å². The molecule has 0 fully saturated rings. The fourth-order valence-electron chi connectivity index (χ4n) is 4.05. The van der Waals surface area contributed by atoms with Crippen LogP contribution in [-0.4, -0.2) is 16.2 Å². The maximum atomic E-state index is 11.8. The molecule has 0 heterocycles. The molecule has 0 radical (unpaired) electrons. The van der Waals surface area contributed by atoms with Crippen LogP contribution < -0.4 is 4.74 Å². The lowest BCUT2D eigenvalue weighted by molar-refractivity contribution is 0.0695. The number of ether oxygens (including phenoxy) is 1. The van der Waals surface area contributed by atoms with Crippen molar-refractivity contribution in [3.8, 4) is 5.75 Å². The Morgan fingerprint density at radius 2 is 1.53 bits per heavy atom. The summed E-state index contributed by atoms with van der Waals surface area (Å²) in [7, 11) is 0. The molecule has 1 atom stereocenters. The molecule has 4 heteroatoms. The Bertz CT molecular complexity index is 1240. The minimum absolute atomic E-state index is 0.128. The van der Waals surface area contributed by atoms with E-state index >= 15 is 0 Å². The van der Waals surface area contributed by atoms with Crippen molar-refractivity contribution >= 4 is 11.5 Å². The Balaban J connectivity index is 1.67. The van der Waals surface area contributed by atoms with E-state index in [9.17, 15) is 15.0 Å². The summed E-state index contributed by atoms with van der Waals surface area (Å²) in [5.41, 5.74) is 2.24. The van der Waals surface area contributed by atoms with E-state index in [0.717, 1.165) is 11.1 Å². The maximum Gasteiger partial charge on any atom is 0.335 e. The van der Waals surface area contributed by atoms with Crippen molar-refractivity contribution in [1.29, 1.82) is 0 Å². The molecule has 146 valence electrons. The molecule has 4 nitrogen and oxygen atoms in total. The fraction of sp³-hybridized carbons (Fsp3) is 0.0385. The molecule has 0 saturated carbocycles. The summed E-state index contributed by atoms with van der Waals surface area (Å²) in [6, 6.07) is 25.6. The molecule has 5 rings (SSSR count). The first-order valence-electron chi connectivity index (χ1n) is 9.61. The second-order valence-electron chi connectivity index (χ2n) is 7.24. The number of hydrogen-bond donors (Lipinski definition) is 2. The highest BCUT2D eigenvalue weighted by molar-refractivity contribution is 5.94. The standard InChI is InChI=1S/C26H18O4/c27-25(28)18-10-7-11-19(16-18)26(29)22-15-14-21(17-8-3-1-4-9-17)23(26)24(22)30-20-12-5-2-6-13-20/h1-16,29H,(H,27,28). The quantitative estimate of drug-likeness (QED) is 0.643. The average Bonchev–Trinajstić information content (AvgIpc) is 2.80. The summed E-state index contributed by atoms with van der Waals surface area (Å²) in [6.07, 6.45) is 3.81. The smallest absolute Gasteiger partial charge is 0.335 e. The van der Waals surface area contributed by atoms with Crippen molar-refractivity contribution in [2.24, 2.45) is 0 Å². The summed E-state index contributed by atoms with van der Waals surface area (Å²) in [6.45, 7) is 0. The molecule has 2 aliphatic carbocycles. The average molecular weight is 394 g/mol. The van der Waals surface area contributed by atoms with Gasteiger partial charge in [-0.05, 0) is 41.0 Å². The molecule has 2 N–H and O–H groups in total. The van der Waals surface area contributed by atoms with Crippen LogP contribution in [-0.2, 0) is 5.60 Å². The van der Waals surface area contributed by atoms with Gasteiger partial charge >= 0.3 is 5.97 Å². The van der Waals surface area contributed by atoms with Gasteiger partial charge in [0.25, 0.3) is 0 Å². The molecule has 30 heavy (non-hydrogen) atoms.